The van der Waals surface area contributed by atoms with Gasteiger partial charge in [-0.15, -0.1) is 0 Å². The third-order valence-corrected chi connectivity index (χ3v) is 4.29. The lowest BCUT2D eigenvalue weighted by molar-refractivity contribution is -0.139. The van der Waals surface area contributed by atoms with Crippen molar-refractivity contribution >= 4 is 5.97 Å². The molecule has 5 N–H and O–H groups in total. The second-order valence-electron chi connectivity index (χ2n) is 6.61. The number of hydrogen-bond acceptors (Lipinski definition) is 7. The molecule has 2 saturated carbocycles. The van der Waals surface area contributed by atoms with Crippen molar-refractivity contribution in [3.63, 3.8) is 0 Å². The monoisotopic (exact) mass is 377 g/mol. The van der Waals surface area contributed by atoms with E-state index >= 15 is 0 Å². The highest BCUT2D eigenvalue weighted by molar-refractivity contribution is 5.88. The van der Waals surface area contributed by atoms with Gasteiger partial charge in [0.05, 0.1) is 12.7 Å². The predicted molar refractivity (Wildman–Crippen MR) is 103 cm³/mol. The van der Waals surface area contributed by atoms with E-state index < -0.39 is 5.97 Å². The van der Waals surface area contributed by atoms with Crippen LogP contribution < -0.4 is 21.7 Å². The van der Waals surface area contributed by atoms with Gasteiger partial charge in [0.25, 0.3) is 0 Å². The van der Waals surface area contributed by atoms with Crippen LogP contribution in [0.4, 0.5) is 0 Å². The number of carbonyl (C=O) groups is 1. The first kappa shape index (κ1) is 20.9. The third kappa shape index (κ3) is 7.78. The number of ether oxygens (including phenoxy) is 3. The lowest BCUT2D eigenvalue weighted by atomic mass is 9.98. The predicted octanol–water partition coefficient (Wildman–Crippen LogP) is 2.72. The van der Waals surface area contributed by atoms with Gasteiger partial charge >= 0.3 is 5.97 Å². The lowest BCUT2D eigenvalue weighted by Crippen LogP contribution is -2.33. The van der Waals surface area contributed by atoms with Crippen molar-refractivity contribution in [3.05, 3.63) is 41.9 Å². The molecule has 2 aliphatic rings. The zero-order valence-corrected chi connectivity index (χ0v) is 16.0. The molecule has 150 valence electrons. The van der Waals surface area contributed by atoms with Crippen LogP contribution in [0.15, 0.2) is 41.9 Å². The summed E-state index contributed by atoms with van der Waals surface area (Å²) in [5.74, 6) is 5.66. The topological polar surface area (TPSA) is 109 Å². The Balaban J connectivity index is 0.000000219. The summed E-state index contributed by atoms with van der Waals surface area (Å²) in [6, 6.07) is 9.99. The number of rotatable bonds is 7. The normalized spacial score (nSPS) is 17.7. The van der Waals surface area contributed by atoms with Gasteiger partial charge in [0.2, 0.25) is 5.88 Å². The van der Waals surface area contributed by atoms with Crippen molar-refractivity contribution in [1.82, 2.24) is 5.43 Å². The van der Waals surface area contributed by atoms with Crippen molar-refractivity contribution in [1.29, 1.82) is 0 Å². The van der Waals surface area contributed by atoms with E-state index in [-0.39, 0.29) is 24.3 Å². The number of para-hydroxylation sites is 1. The molecule has 7 nitrogen and oxygen atoms in total. The summed E-state index contributed by atoms with van der Waals surface area (Å²) >= 11 is 0. The molecule has 0 unspecified atom stereocenters. The van der Waals surface area contributed by atoms with Gasteiger partial charge in [-0.25, -0.2) is 4.79 Å². The molecule has 2 fully saturated rings. The van der Waals surface area contributed by atoms with Gasteiger partial charge in [-0.2, -0.15) is 0 Å². The Morgan fingerprint density at radius 1 is 1.07 bits per heavy atom. The highest BCUT2D eigenvalue weighted by Gasteiger charge is 2.23. The van der Waals surface area contributed by atoms with Gasteiger partial charge in [-0.1, -0.05) is 24.6 Å². The van der Waals surface area contributed by atoms with Crippen LogP contribution in [-0.4, -0.2) is 24.8 Å². The van der Waals surface area contributed by atoms with Crippen LogP contribution in [0.5, 0.6) is 5.75 Å². The molecule has 0 saturated heterocycles. The van der Waals surface area contributed by atoms with E-state index in [1.807, 2.05) is 30.3 Å². The van der Waals surface area contributed by atoms with Crippen LogP contribution in [0.25, 0.3) is 0 Å². The second-order valence-corrected chi connectivity index (χ2v) is 6.61. The fourth-order valence-corrected chi connectivity index (χ4v) is 2.73. The number of hydrogen-bond donors (Lipinski definition) is 3. The van der Waals surface area contributed by atoms with Crippen LogP contribution in [-0.2, 0) is 14.3 Å². The minimum absolute atomic E-state index is 0.0119. The average molecular weight is 377 g/mol. The van der Waals surface area contributed by atoms with Gasteiger partial charge in [0.15, 0.2) is 5.70 Å². The second kappa shape index (κ2) is 11.3. The Hall–Kier alpha value is -2.41. The van der Waals surface area contributed by atoms with Crippen molar-refractivity contribution in [2.24, 2.45) is 11.6 Å². The highest BCUT2D eigenvalue weighted by Crippen LogP contribution is 2.26. The minimum atomic E-state index is -0.594. The summed E-state index contributed by atoms with van der Waals surface area (Å²) in [7, 11) is 0. The summed E-state index contributed by atoms with van der Waals surface area (Å²) in [4.78, 5) is 11.5. The number of carbonyl (C=O) groups excluding carboxylic acids is 1. The molecular weight excluding hydrogens is 346 g/mol. The lowest BCUT2D eigenvalue weighted by Gasteiger charge is -2.23. The molecule has 3 rings (SSSR count). The number of esters is 1. The molecule has 27 heavy (non-hydrogen) atoms. The largest absolute Gasteiger partial charge is 0.490 e. The van der Waals surface area contributed by atoms with E-state index in [4.69, 9.17) is 25.8 Å². The molecule has 1 aromatic carbocycles. The van der Waals surface area contributed by atoms with Crippen molar-refractivity contribution in [2.75, 3.05) is 6.61 Å². The summed E-state index contributed by atoms with van der Waals surface area (Å²) in [6.07, 6.45) is 8.45. The van der Waals surface area contributed by atoms with Gasteiger partial charge in [-0.3, -0.25) is 5.84 Å². The summed E-state index contributed by atoms with van der Waals surface area (Å²) < 4.78 is 15.9. The van der Waals surface area contributed by atoms with E-state index in [1.54, 1.807) is 6.92 Å². The third-order valence-electron chi connectivity index (χ3n) is 4.29. The molecule has 0 atom stereocenters. The van der Waals surface area contributed by atoms with Gasteiger partial charge in [-0.05, 0) is 57.6 Å². The fourth-order valence-electron chi connectivity index (χ4n) is 2.73. The maximum absolute atomic E-state index is 11.5. The smallest absolute Gasteiger partial charge is 0.361 e. The molecule has 0 amide bonds. The molecule has 0 aliphatic heterocycles. The summed E-state index contributed by atoms with van der Waals surface area (Å²) in [5.41, 5.74) is 7.92. The Morgan fingerprint density at radius 2 is 1.74 bits per heavy atom. The van der Waals surface area contributed by atoms with Crippen LogP contribution in [0.3, 0.4) is 0 Å². The summed E-state index contributed by atoms with van der Waals surface area (Å²) in [5, 5.41) is 0. The van der Waals surface area contributed by atoms with Crippen molar-refractivity contribution < 1.29 is 19.0 Å². The van der Waals surface area contributed by atoms with Crippen LogP contribution in [0, 0.1) is 0 Å². The van der Waals surface area contributed by atoms with Crippen LogP contribution in [0.1, 0.15) is 51.9 Å². The molecule has 7 heteroatoms. The molecule has 0 spiro atoms. The number of nitrogens with one attached hydrogen (secondary N) is 1. The average Bonchev–Trinajstić information content (AvgIpc) is 3.49. The van der Waals surface area contributed by atoms with E-state index in [0.717, 1.165) is 31.4 Å². The Bertz CT molecular complexity index is 597. The van der Waals surface area contributed by atoms with E-state index in [9.17, 15) is 4.79 Å². The van der Waals surface area contributed by atoms with E-state index in [0.29, 0.717) is 6.10 Å². The molecule has 0 aromatic heterocycles. The van der Waals surface area contributed by atoms with E-state index in [1.165, 1.54) is 19.3 Å². The molecule has 0 heterocycles. The maximum Gasteiger partial charge on any atom is 0.361 e. The molecular formula is C20H31N3O4. The standard InChI is InChI=1S/C11H21N3O3.C9H10O/c1-2-16-11(15)9(14-13)10(12)17-8-6-4-3-5-7-8;1-2-4-8(5-3-1)10-9-6-7-9/h8,14H,2-7,12-13H2,1H3;1-5,9H,6-7H2/b10-9+;. The quantitative estimate of drug-likeness (QED) is 0.220. The van der Waals surface area contributed by atoms with Crippen molar-refractivity contribution in [3.8, 4) is 5.75 Å². The van der Waals surface area contributed by atoms with Gasteiger partial charge < -0.3 is 25.4 Å². The minimum Gasteiger partial charge on any atom is -0.490 e. The molecule has 0 radical (unpaired) electrons. The zero-order valence-electron chi connectivity index (χ0n) is 16.0. The van der Waals surface area contributed by atoms with Crippen LogP contribution >= 0.6 is 0 Å². The van der Waals surface area contributed by atoms with Gasteiger partial charge in [0.1, 0.15) is 11.9 Å². The first-order valence-electron chi connectivity index (χ1n) is 9.65. The SMILES string of the molecule is CCOC(=O)/C(NN)=C(/N)OC1CCCCC1.c1ccc(OC2CC2)cc1. The highest BCUT2D eigenvalue weighted by atomic mass is 16.5. The van der Waals surface area contributed by atoms with Crippen molar-refractivity contribution in [2.45, 2.75) is 64.1 Å². The number of nitrogens with two attached hydrogens (primary N) is 2. The zero-order chi connectivity index (χ0) is 19.5. The molecule has 2 aliphatic carbocycles. The Morgan fingerprint density at radius 3 is 2.30 bits per heavy atom. The Labute approximate surface area is 161 Å². The Kier molecular flexibility index (Phi) is 8.77. The molecule has 0 bridgehead atoms. The van der Waals surface area contributed by atoms with Gasteiger partial charge in [0, 0.05) is 0 Å². The fraction of sp³-hybridized carbons (Fsp3) is 0.550. The molecule has 1 aromatic rings. The maximum atomic E-state index is 11.5. The van der Waals surface area contributed by atoms with E-state index in [2.05, 4.69) is 5.43 Å². The number of hydrazine groups is 1. The van der Waals surface area contributed by atoms with Crippen LogP contribution in [0.2, 0.25) is 0 Å². The first-order chi connectivity index (χ1) is 13.1. The first-order valence-corrected chi connectivity index (χ1v) is 9.65. The number of benzene rings is 1. The summed E-state index contributed by atoms with van der Waals surface area (Å²) in [6.45, 7) is 1.98.